The highest BCUT2D eigenvalue weighted by Gasteiger charge is 1.99. The maximum Gasteiger partial charge on any atom is 0.197 e. The first-order valence-electron chi connectivity index (χ1n) is 3.70. The van der Waals surface area contributed by atoms with E-state index in [-0.39, 0.29) is 0 Å². The Hall–Kier alpha value is -0.610. The lowest BCUT2D eigenvalue weighted by molar-refractivity contribution is 0.272. The van der Waals surface area contributed by atoms with E-state index in [1.165, 1.54) is 6.20 Å². The zero-order valence-electron chi connectivity index (χ0n) is 7.00. The predicted octanol–water partition coefficient (Wildman–Crippen LogP) is 2.90. The van der Waals surface area contributed by atoms with Crippen LogP contribution < -0.4 is 0 Å². The second kappa shape index (κ2) is 5.19. The highest BCUT2D eigenvalue weighted by atomic mass is 79.9. The molecule has 0 saturated carbocycles. The van der Waals surface area contributed by atoms with E-state index in [2.05, 4.69) is 25.9 Å². The van der Waals surface area contributed by atoms with Gasteiger partial charge >= 0.3 is 0 Å². The van der Waals surface area contributed by atoms with Gasteiger partial charge in [0.2, 0.25) is 0 Å². The third-order valence-corrected chi connectivity index (χ3v) is 1.90. The minimum atomic E-state index is 0.499. The van der Waals surface area contributed by atoms with Gasteiger partial charge < -0.3 is 4.74 Å². The largest absolute Gasteiger partial charge is 0.501 e. The van der Waals surface area contributed by atoms with E-state index in [4.69, 9.17) is 16.3 Å². The summed E-state index contributed by atoms with van der Waals surface area (Å²) in [5, 5.41) is 0.499. The van der Waals surface area contributed by atoms with Gasteiger partial charge in [0.05, 0.1) is 29.8 Å². The van der Waals surface area contributed by atoms with Gasteiger partial charge in [0.25, 0.3) is 0 Å². The molecule has 1 aromatic rings. The van der Waals surface area contributed by atoms with Gasteiger partial charge in [-0.15, -0.1) is 0 Å². The van der Waals surface area contributed by atoms with Crippen molar-refractivity contribution in [1.82, 2.24) is 9.97 Å². The summed E-state index contributed by atoms with van der Waals surface area (Å²) in [7, 11) is 0. The molecule has 0 atom stereocenters. The van der Waals surface area contributed by atoms with Crippen LogP contribution in [-0.4, -0.2) is 16.6 Å². The number of aromatic nitrogens is 2. The Morgan fingerprint density at radius 2 is 2.46 bits per heavy atom. The molecular formula is C8H8BrClN2O. The maximum atomic E-state index is 5.82. The molecule has 0 unspecified atom stereocenters. The van der Waals surface area contributed by atoms with Crippen molar-refractivity contribution in [3.8, 4) is 0 Å². The number of halogens is 2. The van der Waals surface area contributed by atoms with Crippen molar-refractivity contribution in [1.29, 1.82) is 0 Å². The highest BCUT2D eigenvalue weighted by molar-refractivity contribution is 9.10. The van der Waals surface area contributed by atoms with Crippen molar-refractivity contribution >= 4 is 33.6 Å². The summed E-state index contributed by atoms with van der Waals surface area (Å²) >= 11 is 8.97. The van der Waals surface area contributed by atoms with Gasteiger partial charge in [-0.3, -0.25) is 0 Å². The van der Waals surface area contributed by atoms with Crippen LogP contribution in [0.15, 0.2) is 17.2 Å². The molecule has 70 valence electrons. The molecule has 13 heavy (non-hydrogen) atoms. The molecule has 5 heteroatoms. The number of hydrogen-bond acceptors (Lipinski definition) is 3. The first-order valence-corrected chi connectivity index (χ1v) is 4.87. The van der Waals surface area contributed by atoms with E-state index < -0.39 is 0 Å². The van der Waals surface area contributed by atoms with Crippen LogP contribution in [0, 0.1) is 0 Å². The van der Waals surface area contributed by atoms with Gasteiger partial charge in [-0.25, -0.2) is 9.97 Å². The summed E-state index contributed by atoms with van der Waals surface area (Å²) in [6, 6.07) is 0. The molecule has 1 rings (SSSR count). The monoisotopic (exact) mass is 262 g/mol. The van der Waals surface area contributed by atoms with Gasteiger partial charge in [0.15, 0.2) is 4.73 Å². The Morgan fingerprint density at radius 1 is 1.69 bits per heavy atom. The van der Waals surface area contributed by atoms with Crippen molar-refractivity contribution in [2.24, 2.45) is 0 Å². The van der Waals surface area contributed by atoms with Crippen LogP contribution in [-0.2, 0) is 4.74 Å². The predicted molar refractivity (Wildman–Crippen MR) is 55.4 cm³/mol. The molecule has 0 bridgehead atoms. The lowest BCUT2D eigenvalue weighted by atomic mass is 10.4. The fourth-order valence-electron chi connectivity index (χ4n) is 0.683. The maximum absolute atomic E-state index is 5.82. The first-order chi connectivity index (χ1) is 6.24. The van der Waals surface area contributed by atoms with Crippen molar-refractivity contribution in [2.45, 2.75) is 6.92 Å². The zero-order valence-corrected chi connectivity index (χ0v) is 9.34. The van der Waals surface area contributed by atoms with E-state index >= 15 is 0 Å². The molecule has 0 aliphatic heterocycles. The van der Waals surface area contributed by atoms with Crippen LogP contribution in [0.5, 0.6) is 0 Å². The minimum Gasteiger partial charge on any atom is -0.501 e. The molecule has 0 N–H and O–H groups in total. The Kier molecular flexibility index (Phi) is 4.18. The zero-order chi connectivity index (χ0) is 9.68. The Balaban J connectivity index is 2.81. The average Bonchev–Trinajstić information content (AvgIpc) is 2.11. The van der Waals surface area contributed by atoms with Crippen LogP contribution in [0.3, 0.4) is 0 Å². The van der Waals surface area contributed by atoms with Crippen LogP contribution in [0.4, 0.5) is 0 Å². The van der Waals surface area contributed by atoms with Crippen molar-refractivity contribution in [3.05, 3.63) is 27.9 Å². The van der Waals surface area contributed by atoms with E-state index in [1.807, 2.05) is 6.92 Å². The van der Waals surface area contributed by atoms with Crippen molar-refractivity contribution < 1.29 is 4.74 Å². The molecule has 0 amide bonds. The van der Waals surface area contributed by atoms with Crippen molar-refractivity contribution in [3.63, 3.8) is 0 Å². The van der Waals surface area contributed by atoms with Gasteiger partial charge in [0.1, 0.15) is 0 Å². The molecular weight excluding hydrogens is 255 g/mol. The number of hydrogen-bond donors (Lipinski definition) is 0. The van der Waals surface area contributed by atoms with Gasteiger partial charge in [0, 0.05) is 0 Å². The molecule has 0 spiro atoms. The average molecular weight is 264 g/mol. The Labute approximate surface area is 89.9 Å². The van der Waals surface area contributed by atoms with Crippen LogP contribution >= 0.6 is 27.5 Å². The normalized spacial score (nSPS) is 10.7. The fourth-order valence-corrected chi connectivity index (χ4v) is 1.13. The number of nitrogens with zero attached hydrogens (tertiary/aromatic N) is 2. The summed E-state index contributed by atoms with van der Waals surface area (Å²) in [6.07, 6.45) is 4.78. The van der Waals surface area contributed by atoms with Crippen LogP contribution in [0.2, 0.25) is 5.02 Å². The van der Waals surface area contributed by atoms with Gasteiger partial charge in [-0.05, 0) is 28.9 Å². The quantitative estimate of drug-likeness (QED) is 0.621. The summed E-state index contributed by atoms with van der Waals surface area (Å²) < 4.78 is 5.52. The summed E-state index contributed by atoms with van der Waals surface area (Å²) in [5.41, 5.74) is 0.636. The molecule has 0 aliphatic rings. The molecule has 1 heterocycles. The number of rotatable bonds is 3. The fraction of sp³-hybridized carbons (Fsp3) is 0.250. The second-order valence-corrected chi connectivity index (χ2v) is 3.25. The standard InChI is InChI=1S/C8H8BrClN2O/c1-2-13-4-3-7-6(10)5-11-8(9)12-7/h3-5H,2H2,1H3/b4-3+. The van der Waals surface area contributed by atoms with E-state index in [1.54, 1.807) is 12.3 Å². The third kappa shape index (κ3) is 3.32. The van der Waals surface area contributed by atoms with Crippen LogP contribution in [0.25, 0.3) is 6.08 Å². The van der Waals surface area contributed by atoms with E-state index in [0.717, 1.165) is 0 Å². The van der Waals surface area contributed by atoms with Crippen LogP contribution in [0.1, 0.15) is 12.6 Å². The highest BCUT2D eigenvalue weighted by Crippen LogP contribution is 2.15. The SMILES string of the molecule is CCO/C=C/c1nc(Br)ncc1Cl. The molecule has 0 aromatic carbocycles. The second-order valence-electron chi connectivity index (χ2n) is 2.13. The summed E-state index contributed by atoms with van der Waals surface area (Å²) in [5.74, 6) is 0. The molecule has 0 aliphatic carbocycles. The smallest absolute Gasteiger partial charge is 0.197 e. The van der Waals surface area contributed by atoms with Gasteiger partial charge in [-0.1, -0.05) is 11.6 Å². The lowest BCUT2D eigenvalue weighted by Gasteiger charge is -1.97. The minimum absolute atomic E-state index is 0.499. The van der Waals surface area contributed by atoms with E-state index in [0.29, 0.717) is 22.1 Å². The van der Waals surface area contributed by atoms with Crippen molar-refractivity contribution in [2.75, 3.05) is 6.61 Å². The Bertz CT molecular complexity index is 317. The lowest BCUT2D eigenvalue weighted by Crippen LogP contribution is -1.87. The molecule has 0 fully saturated rings. The topological polar surface area (TPSA) is 35.0 Å². The summed E-state index contributed by atoms with van der Waals surface area (Å²) in [4.78, 5) is 7.92. The molecule has 3 nitrogen and oxygen atoms in total. The van der Waals surface area contributed by atoms with E-state index in [9.17, 15) is 0 Å². The molecule has 0 saturated heterocycles. The first kappa shape index (κ1) is 10.5. The third-order valence-electron chi connectivity index (χ3n) is 1.23. The summed E-state index contributed by atoms with van der Waals surface area (Å²) in [6.45, 7) is 2.53. The van der Waals surface area contributed by atoms with Gasteiger partial charge in [-0.2, -0.15) is 0 Å². The number of ether oxygens (including phenoxy) is 1. The molecule has 1 aromatic heterocycles. The molecule has 0 radical (unpaired) electrons. The Morgan fingerprint density at radius 3 is 3.15 bits per heavy atom.